The highest BCUT2D eigenvalue weighted by molar-refractivity contribution is 5.84. The molecule has 0 saturated heterocycles. The van der Waals surface area contributed by atoms with Gasteiger partial charge < -0.3 is 25.8 Å². The number of carboxylic acid groups (broad SMARTS) is 1. The van der Waals surface area contributed by atoms with Gasteiger partial charge in [-0.25, -0.2) is 9.59 Å². The third-order valence-corrected chi connectivity index (χ3v) is 6.02. The van der Waals surface area contributed by atoms with Gasteiger partial charge >= 0.3 is 12.0 Å². The van der Waals surface area contributed by atoms with Crippen LogP contribution < -0.4 is 16.0 Å². The van der Waals surface area contributed by atoms with Crippen molar-refractivity contribution in [1.29, 1.82) is 0 Å². The van der Waals surface area contributed by atoms with E-state index >= 15 is 0 Å². The minimum Gasteiger partial charge on any atom is -0.480 e. The zero-order valence-electron chi connectivity index (χ0n) is 15.3. The Morgan fingerprint density at radius 3 is 2.19 bits per heavy atom. The van der Waals surface area contributed by atoms with E-state index in [4.69, 9.17) is 9.84 Å². The van der Waals surface area contributed by atoms with Crippen LogP contribution in [0.1, 0.15) is 44.9 Å². The normalized spacial score (nSPS) is 32.7. The summed E-state index contributed by atoms with van der Waals surface area (Å²) in [6.07, 6.45) is 7.19. The number of carbonyl (C=O) groups is 3. The van der Waals surface area contributed by atoms with Gasteiger partial charge in [0, 0.05) is 25.6 Å². The molecule has 8 nitrogen and oxygen atoms in total. The van der Waals surface area contributed by atoms with E-state index in [2.05, 4.69) is 16.0 Å². The minimum atomic E-state index is -1.15. The van der Waals surface area contributed by atoms with Gasteiger partial charge in [-0.1, -0.05) is 0 Å². The van der Waals surface area contributed by atoms with Gasteiger partial charge in [0.05, 0.1) is 6.61 Å². The van der Waals surface area contributed by atoms with Crippen molar-refractivity contribution in [2.24, 2.45) is 17.8 Å². The van der Waals surface area contributed by atoms with Gasteiger partial charge in [-0.15, -0.1) is 0 Å². The highest BCUT2D eigenvalue weighted by Gasteiger charge is 2.51. The van der Waals surface area contributed by atoms with Crippen molar-refractivity contribution < 1.29 is 24.2 Å². The molecule has 0 radical (unpaired) electrons. The number of methoxy groups -OCH3 is 1. The Kier molecular flexibility index (Phi) is 5.70. The summed E-state index contributed by atoms with van der Waals surface area (Å²) in [7, 11) is 1.37. The first kappa shape index (κ1) is 18.9. The molecule has 4 rings (SSSR count). The molecule has 4 fully saturated rings. The number of carboxylic acids is 1. The molecule has 3 amide bonds. The molecule has 8 heteroatoms. The van der Waals surface area contributed by atoms with Crippen molar-refractivity contribution in [3.8, 4) is 0 Å². The zero-order valence-corrected chi connectivity index (χ0v) is 15.3. The second-order valence-electron chi connectivity index (χ2n) is 8.24. The maximum atomic E-state index is 12.3. The Bertz CT molecular complexity index is 530. The van der Waals surface area contributed by atoms with Gasteiger partial charge in [0.15, 0.2) is 6.04 Å². The molecule has 4 bridgehead atoms. The van der Waals surface area contributed by atoms with Crippen LogP contribution in [0.4, 0.5) is 4.79 Å². The zero-order chi connectivity index (χ0) is 18.7. The molecule has 0 heterocycles. The predicted octanol–water partition coefficient (Wildman–Crippen LogP) is 0.860. The maximum Gasteiger partial charge on any atom is 0.328 e. The topological polar surface area (TPSA) is 117 Å². The highest BCUT2D eigenvalue weighted by atomic mass is 16.5. The summed E-state index contributed by atoms with van der Waals surface area (Å²) in [6.45, 7) is 0.0738. The summed E-state index contributed by atoms with van der Waals surface area (Å²) in [6, 6.07) is -1.31. The second kappa shape index (κ2) is 7.82. The number of nitrogens with one attached hydrogen (secondary N) is 3. The minimum absolute atomic E-state index is 0.0296. The molecule has 1 atom stereocenters. The Labute approximate surface area is 153 Å². The molecule has 1 unspecified atom stereocenters. The van der Waals surface area contributed by atoms with Gasteiger partial charge in [-0.3, -0.25) is 4.79 Å². The quantitative estimate of drug-likeness (QED) is 0.508. The number of hydrogen-bond donors (Lipinski definition) is 4. The molecular formula is C18H29N3O5. The van der Waals surface area contributed by atoms with E-state index in [0.717, 1.165) is 37.0 Å². The van der Waals surface area contributed by atoms with Crippen LogP contribution in [0.2, 0.25) is 0 Å². The van der Waals surface area contributed by atoms with Gasteiger partial charge in [0.25, 0.3) is 0 Å². The molecule has 4 aliphatic rings. The molecule has 4 aliphatic carbocycles. The average molecular weight is 367 g/mol. The fourth-order valence-electron chi connectivity index (χ4n) is 5.45. The second-order valence-corrected chi connectivity index (χ2v) is 8.24. The van der Waals surface area contributed by atoms with E-state index in [1.54, 1.807) is 0 Å². The Morgan fingerprint density at radius 1 is 1.12 bits per heavy atom. The molecule has 4 saturated carbocycles. The summed E-state index contributed by atoms with van der Waals surface area (Å²) in [4.78, 5) is 35.1. The van der Waals surface area contributed by atoms with Crippen LogP contribution in [0.15, 0.2) is 0 Å². The van der Waals surface area contributed by atoms with Crippen LogP contribution in [0, 0.1) is 17.8 Å². The SMILES string of the molecule is COCC(NC(=O)CCNC(=O)NC12CC3CC(CC(C3)C1)C2)C(=O)O. The van der Waals surface area contributed by atoms with E-state index < -0.39 is 17.9 Å². The summed E-state index contributed by atoms with van der Waals surface area (Å²) >= 11 is 0. The Hall–Kier alpha value is -1.83. The fourth-order valence-corrected chi connectivity index (χ4v) is 5.45. The smallest absolute Gasteiger partial charge is 0.328 e. The van der Waals surface area contributed by atoms with E-state index in [-0.39, 0.29) is 31.1 Å². The van der Waals surface area contributed by atoms with Crippen LogP contribution in [0.5, 0.6) is 0 Å². The van der Waals surface area contributed by atoms with E-state index in [1.165, 1.54) is 26.4 Å². The van der Waals surface area contributed by atoms with Crippen LogP contribution >= 0.6 is 0 Å². The lowest BCUT2D eigenvalue weighted by Crippen LogP contribution is -2.61. The van der Waals surface area contributed by atoms with Gasteiger partial charge in [-0.2, -0.15) is 0 Å². The summed E-state index contributed by atoms with van der Waals surface area (Å²) in [5.41, 5.74) is -0.0615. The molecule has 4 N–H and O–H groups in total. The van der Waals surface area contributed by atoms with Gasteiger partial charge in [-0.05, 0) is 56.3 Å². The number of carbonyl (C=O) groups excluding carboxylic acids is 2. The van der Waals surface area contributed by atoms with Crippen LogP contribution in [-0.2, 0) is 14.3 Å². The van der Waals surface area contributed by atoms with Crippen molar-refractivity contribution in [3.05, 3.63) is 0 Å². The molecule has 0 aromatic carbocycles. The van der Waals surface area contributed by atoms with Crippen molar-refractivity contribution in [2.75, 3.05) is 20.3 Å². The lowest BCUT2D eigenvalue weighted by atomic mass is 9.53. The first-order valence-corrected chi connectivity index (χ1v) is 9.46. The molecule has 0 spiro atoms. The first-order valence-electron chi connectivity index (χ1n) is 9.46. The third kappa shape index (κ3) is 4.47. The summed E-state index contributed by atoms with van der Waals surface area (Å²) < 4.78 is 4.77. The van der Waals surface area contributed by atoms with Crippen molar-refractivity contribution in [1.82, 2.24) is 16.0 Å². The van der Waals surface area contributed by atoms with E-state index in [1.807, 2.05) is 0 Å². The number of ether oxygens (including phenoxy) is 1. The van der Waals surface area contributed by atoms with Crippen LogP contribution in [-0.4, -0.2) is 54.9 Å². The molecule has 0 aromatic heterocycles. The monoisotopic (exact) mass is 367 g/mol. The summed E-state index contributed by atoms with van der Waals surface area (Å²) in [5.74, 6) is 0.681. The Morgan fingerprint density at radius 2 is 1.69 bits per heavy atom. The lowest BCUT2D eigenvalue weighted by Gasteiger charge is -2.56. The number of amides is 3. The van der Waals surface area contributed by atoms with E-state index in [0.29, 0.717) is 0 Å². The molecule has 0 aromatic rings. The number of aliphatic carboxylic acids is 1. The first-order chi connectivity index (χ1) is 12.4. The Balaban J connectivity index is 1.39. The fraction of sp³-hybridized carbons (Fsp3) is 0.833. The average Bonchev–Trinajstić information content (AvgIpc) is 2.52. The number of urea groups is 1. The predicted molar refractivity (Wildman–Crippen MR) is 93.5 cm³/mol. The standard InChI is InChI=1S/C18H29N3O5/c1-26-10-14(16(23)24)20-15(22)2-3-19-17(25)21-18-7-11-4-12(8-18)6-13(5-11)9-18/h11-14H,2-10H2,1H3,(H,20,22)(H,23,24)(H2,19,21,25). The van der Waals surface area contributed by atoms with E-state index in [9.17, 15) is 14.4 Å². The molecule has 0 aliphatic heterocycles. The largest absolute Gasteiger partial charge is 0.480 e. The summed E-state index contributed by atoms with van der Waals surface area (Å²) in [5, 5.41) is 17.3. The van der Waals surface area contributed by atoms with Crippen LogP contribution in [0.25, 0.3) is 0 Å². The van der Waals surface area contributed by atoms with Crippen molar-refractivity contribution in [2.45, 2.75) is 56.5 Å². The van der Waals surface area contributed by atoms with Gasteiger partial charge in [0.2, 0.25) is 5.91 Å². The van der Waals surface area contributed by atoms with Crippen molar-refractivity contribution in [3.63, 3.8) is 0 Å². The molecular weight excluding hydrogens is 338 g/mol. The third-order valence-electron chi connectivity index (χ3n) is 6.02. The van der Waals surface area contributed by atoms with Crippen LogP contribution in [0.3, 0.4) is 0 Å². The molecule has 146 valence electrons. The lowest BCUT2D eigenvalue weighted by molar-refractivity contribution is -0.143. The van der Waals surface area contributed by atoms with Gasteiger partial charge in [0.1, 0.15) is 0 Å². The highest BCUT2D eigenvalue weighted by Crippen LogP contribution is 2.55. The maximum absolute atomic E-state index is 12.3. The van der Waals surface area contributed by atoms with Crippen molar-refractivity contribution >= 4 is 17.9 Å². The number of rotatable bonds is 8. The molecule has 26 heavy (non-hydrogen) atoms. The number of hydrogen-bond acceptors (Lipinski definition) is 4.